The molecule has 0 N–H and O–H groups in total. The van der Waals surface area contributed by atoms with E-state index in [1.54, 1.807) is 6.08 Å². The van der Waals surface area contributed by atoms with Crippen LogP contribution in [0.25, 0.3) is 0 Å². The summed E-state index contributed by atoms with van der Waals surface area (Å²) >= 11 is 0. The van der Waals surface area contributed by atoms with Crippen LogP contribution in [-0.4, -0.2) is 11.6 Å². The van der Waals surface area contributed by atoms with Gasteiger partial charge >= 0.3 is 0 Å². The predicted octanol–water partition coefficient (Wildman–Crippen LogP) is 1.36. The largest absolute Gasteiger partial charge is 0.299 e. The molecule has 0 aromatic carbocycles. The van der Waals surface area contributed by atoms with Crippen molar-refractivity contribution in [1.82, 2.24) is 0 Å². The summed E-state index contributed by atoms with van der Waals surface area (Å²) < 4.78 is 0. The summed E-state index contributed by atoms with van der Waals surface area (Å²) in [5.41, 5.74) is 0. The number of hydrogen-bond acceptors (Lipinski definition) is 2. The summed E-state index contributed by atoms with van der Waals surface area (Å²) in [5, 5.41) is 0. The van der Waals surface area contributed by atoms with Crippen molar-refractivity contribution in [3.8, 4) is 0 Å². The molecule has 4 atom stereocenters. The van der Waals surface area contributed by atoms with Gasteiger partial charge < -0.3 is 0 Å². The van der Waals surface area contributed by atoms with Gasteiger partial charge in [0.25, 0.3) is 0 Å². The Labute approximate surface area is 77.0 Å². The number of fused-ring (bicyclic) bond motifs is 1. The molecule has 2 fully saturated rings. The minimum Gasteiger partial charge on any atom is -0.299 e. The number of Topliss-reactive ketones (excluding diaryl/α,β-unsaturated/α-hetero) is 1. The van der Waals surface area contributed by atoms with Crippen molar-refractivity contribution in [3.63, 3.8) is 0 Å². The van der Waals surface area contributed by atoms with E-state index in [-0.39, 0.29) is 17.6 Å². The Hall–Kier alpha value is -0.920. The minimum atomic E-state index is 0.0741. The Morgan fingerprint density at radius 2 is 2.00 bits per heavy atom. The van der Waals surface area contributed by atoms with Crippen molar-refractivity contribution in [2.75, 3.05) is 0 Å². The summed E-state index contributed by atoms with van der Waals surface area (Å²) in [5.74, 6) is 1.76. The second kappa shape index (κ2) is 2.31. The Morgan fingerprint density at radius 3 is 2.77 bits per heavy atom. The van der Waals surface area contributed by atoms with E-state index in [1.807, 2.05) is 6.08 Å². The highest BCUT2D eigenvalue weighted by atomic mass is 16.1. The van der Waals surface area contributed by atoms with Crippen LogP contribution in [0.1, 0.15) is 19.3 Å². The van der Waals surface area contributed by atoms with E-state index in [1.165, 1.54) is 0 Å². The zero-order valence-electron chi connectivity index (χ0n) is 7.40. The van der Waals surface area contributed by atoms with E-state index in [2.05, 4.69) is 0 Å². The van der Waals surface area contributed by atoms with Crippen molar-refractivity contribution in [3.05, 3.63) is 12.2 Å². The van der Waals surface area contributed by atoms with Gasteiger partial charge in [0.1, 0.15) is 5.78 Å². The average molecular weight is 176 g/mol. The fourth-order valence-electron chi connectivity index (χ4n) is 3.39. The first kappa shape index (κ1) is 7.48. The van der Waals surface area contributed by atoms with Gasteiger partial charge in [-0.05, 0) is 30.8 Å². The third-order valence-corrected chi connectivity index (χ3v) is 3.97. The molecule has 68 valence electrons. The summed E-state index contributed by atoms with van der Waals surface area (Å²) in [6.07, 6.45) is 6.27. The molecule has 3 aliphatic carbocycles. The van der Waals surface area contributed by atoms with Gasteiger partial charge in [0.2, 0.25) is 0 Å². The number of carbonyl (C=O) groups excluding carboxylic acids is 2. The molecular formula is C11H12O2. The quantitative estimate of drug-likeness (QED) is 0.558. The molecule has 0 heterocycles. The molecule has 0 aromatic rings. The average Bonchev–Trinajstić information content (AvgIpc) is 2.35. The lowest BCUT2D eigenvalue weighted by atomic mass is 9.49. The molecule has 2 saturated carbocycles. The van der Waals surface area contributed by atoms with Crippen molar-refractivity contribution in [2.45, 2.75) is 19.3 Å². The van der Waals surface area contributed by atoms with Gasteiger partial charge in [0.05, 0.1) is 0 Å². The molecule has 13 heavy (non-hydrogen) atoms. The molecule has 3 rings (SSSR count). The van der Waals surface area contributed by atoms with Crippen molar-refractivity contribution in [2.24, 2.45) is 23.7 Å². The smallest absolute Gasteiger partial charge is 0.159 e. The molecule has 0 aliphatic heterocycles. The van der Waals surface area contributed by atoms with Gasteiger partial charge in [-0.25, -0.2) is 0 Å². The topological polar surface area (TPSA) is 34.1 Å². The molecule has 3 aliphatic rings. The molecular weight excluding hydrogens is 164 g/mol. The molecule has 0 amide bonds. The second-order valence-corrected chi connectivity index (χ2v) is 4.42. The highest BCUT2D eigenvalue weighted by molar-refractivity contribution is 5.99. The van der Waals surface area contributed by atoms with E-state index in [9.17, 15) is 9.59 Å². The van der Waals surface area contributed by atoms with E-state index in [4.69, 9.17) is 0 Å². The number of allylic oxidation sites excluding steroid dienone is 2. The first-order valence-electron chi connectivity index (χ1n) is 5.02. The lowest BCUT2D eigenvalue weighted by molar-refractivity contribution is -0.156. The van der Waals surface area contributed by atoms with Gasteiger partial charge in [-0.3, -0.25) is 9.59 Å². The van der Waals surface area contributed by atoms with Crippen molar-refractivity contribution >= 4 is 11.6 Å². The molecule has 0 spiro atoms. The SMILES string of the molecule is O=C1C=CCC2C3CCC(=O)C2C13. The Morgan fingerprint density at radius 1 is 1.15 bits per heavy atom. The maximum Gasteiger partial charge on any atom is 0.159 e. The molecule has 2 nitrogen and oxygen atoms in total. The fourth-order valence-corrected chi connectivity index (χ4v) is 3.39. The van der Waals surface area contributed by atoms with Crippen molar-refractivity contribution < 1.29 is 9.59 Å². The van der Waals surface area contributed by atoms with Crippen LogP contribution in [0.15, 0.2) is 12.2 Å². The standard InChI is InChI=1S/C11H12O2/c12-8-3-1-2-6-7-4-5-9(13)10(6)11(7)8/h1,3,6-7,10-11H,2,4-5H2. The van der Waals surface area contributed by atoms with Gasteiger partial charge in [-0.15, -0.1) is 0 Å². The minimum absolute atomic E-state index is 0.0741. The number of rotatable bonds is 0. The normalized spacial score (nSPS) is 47.1. The molecule has 2 heteroatoms. The third kappa shape index (κ3) is 0.787. The van der Waals surface area contributed by atoms with Gasteiger partial charge in [0, 0.05) is 18.3 Å². The van der Waals surface area contributed by atoms with Crippen LogP contribution < -0.4 is 0 Å². The van der Waals surface area contributed by atoms with Gasteiger partial charge in [-0.1, -0.05) is 6.08 Å². The second-order valence-electron chi connectivity index (χ2n) is 4.42. The number of carbonyl (C=O) groups is 2. The lowest BCUT2D eigenvalue weighted by Crippen LogP contribution is -2.56. The molecule has 0 saturated heterocycles. The first-order chi connectivity index (χ1) is 6.29. The Balaban J connectivity index is 2.00. The molecule has 0 radical (unpaired) electrons. The van der Waals surface area contributed by atoms with Crippen LogP contribution in [-0.2, 0) is 9.59 Å². The predicted molar refractivity (Wildman–Crippen MR) is 47.0 cm³/mol. The van der Waals surface area contributed by atoms with Crippen LogP contribution in [0, 0.1) is 23.7 Å². The van der Waals surface area contributed by atoms with Crippen LogP contribution in [0.2, 0.25) is 0 Å². The van der Waals surface area contributed by atoms with E-state index < -0.39 is 0 Å². The van der Waals surface area contributed by atoms with Crippen molar-refractivity contribution in [1.29, 1.82) is 0 Å². The first-order valence-corrected chi connectivity index (χ1v) is 5.02. The van der Waals surface area contributed by atoms with E-state index in [0.717, 1.165) is 19.3 Å². The molecule has 4 bridgehead atoms. The maximum absolute atomic E-state index is 11.6. The highest BCUT2D eigenvalue weighted by Crippen LogP contribution is 2.56. The Kier molecular flexibility index (Phi) is 1.33. The van der Waals surface area contributed by atoms with Crippen LogP contribution in [0.4, 0.5) is 0 Å². The highest BCUT2D eigenvalue weighted by Gasteiger charge is 2.58. The van der Waals surface area contributed by atoms with E-state index in [0.29, 0.717) is 17.6 Å². The summed E-state index contributed by atoms with van der Waals surface area (Å²) in [7, 11) is 0. The lowest BCUT2D eigenvalue weighted by Gasteiger charge is -2.53. The maximum atomic E-state index is 11.6. The summed E-state index contributed by atoms with van der Waals surface area (Å²) in [6.45, 7) is 0. The fraction of sp³-hybridized carbons (Fsp3) is 0.636. The zero-order valence-corrected chi connectivity index (χ0v) is 7.40. The monoisotopic (exact) mass is 176 g/mol. The molecule has 0 aromatic heterocycles. The van der Waals surface area contributed by atoms with Crippen LogP contribution >= 0.6 is 0 Å². The van der Waals surface area contributed by atoms with E-state index >= 15 is 0 Å². The summed E-state index contributed by atoms with van der Waals surface area (Å²) in [4.78, 5) is 23.1. The van der Waals surface area contributed by atoms with Crippen LogP contribution in [0.5, 0.6) is 0 Å². The van der Waals surface area contributed by atoms with Crippen LogP contribution in [0.3, 0.4) is 0 Å². The van der Waals surface area contributed by atoms with Gasteiger partial charge in [0.15, 0.2) is 5.78 Å². The Bertz CT molecular complexity index is 316. The molecule has 4 unspecified atom stereocenters. The number of hydrogen-bond donors (Lipinski definition) is 0. The third-order valence-electron chi connectivity index (χ3n) is 3.97. The zero-order chi connectivity index (χ0) is 9.00. The number of ketones is 2. The summed E-state index contributed by atoms with van der Waals surface area (Å²) in [6, 6.07) is 0. The van der Waals surface area contributed by atoms with Gasteiger partial charge in [-0.2, -0.15) is 0 Å².